The molecule has 3 N–H and O–H groups in total. The summed E-state index contributed by atoms with van der Waals surface area (Å²) >= 11 is 4.94. The maximum Gasteiger partial charge on any atom is 0.230 e. The Hall–Kier alpha value is -0.680. The van der Waals surface area contributed by atoms with Crippen molar-refractivity contribution in [2.24, 2.45) is 17.6 Å². The summed E-state index contributed by atoms with van der Waals surface area (Å²) in [5.41, 5.74) is 5.60. The molecule has 0 aromatic heterocycles. The molecule has 0 aromatic rings. The lowest BCUT2D eigenvalue weighted by molar-refractivity contribution is -0.124. The molecule has 1 unspecified atom stereocenters. The molecule has 0 fully saturated rings. The third kappa shape index (κ3) is 6.31. The van der Waals surface area contributed by atoms with Crippen molar-refractivity contribution in [3.8, 4) is 0 Å². The van der Waals surface area contributed by atoms with Crippen LogP contribution in [0.15, 0.2) is 0 Å². The molecule has 0 bridgehead atoms. The minimum atomic E-state index is -0.360. The molecular formula is C13H27N3OS. The monoisotopic (exact) mass is 273 g/mol. The molecule has 4 nitrogen and oxygen atoms in total. The summed E-state index contributed by atoms with van der Waals surface area (Å²) < 4.78 is 0. The highest BCUT2D eigenvalue weighted by atomic mass is 32.1. The van der Waals surface area contributed by atoms with Crippen molar-refractivity contribution >= 4 is 23.1 Å². The molecule has 18 heavy (non-hydrogen) atoms. The second-order valence-corrected chi connectivity index (χ2v) is 5.32. The molecule has 0 spiro atoms. The quantitative estimate of drug-likeness (QED) is 0.623. The van der Waals surface area contributed by atoms with Crippen LogP contribution in [0.2, 0.25) is 0 Å². The maximum atomic E-state index is 12.0. The zero-order chi connectivity index (χ0) is 14.1. The summed E-state index contributed by atoms with van der Waals surface area (Å²) in [5, 5.41) is 2.92. The van der Waals surface area contributed by atoms with Crippen molar-refractivity contribution < 1.29 is 4.79 Å². The second kappa shape index (κ2) is 9.28. The summed E-state index contributed by atoms with van der Waals surface area (Å²) in [6.07, 6.45) is 1.13. The van der Waals surface area contributed by atoms with Gasteiger partial charge in [0.15, 0.2) is 0 Å². The average molecular weight is 273 g/mol. The Morgan fingerprint density at radius 1 is 1.33 bits per heavy atom. The fourth-order valence-corrected chi connectivity index (χ4v) is 2.33. The number of rotatable bonds is 9. The topological polar surface area (TPSA) is 58.4 Å². The van der Waals surface area contributed by atoms with Crippen molar-refractivity contribution in [1.29, 1.82) is 0 Å². The number of amides is 1. The van der Waals surface area contributed by atoms with Crippen LogP contribution < -0.4 is 11.1 Å². The van der Waals surface area contributed by atoms with Crippen LogP contribution in [0.25, 0.3) is 0 Å². The SMILES string of the molecule is CCCN(CC)CCNC(=O)C(C(N)=S)C(C)C. The van der Waals surface area contributed by atoms with Gasteiger partial charge >= 0.3 is 0 Å². The molecule has 0 aliphatic rings. The van der Waals surface area contributed by atoms with E-state index in [2.05, 4.69) is 24.1 Å². The Morgan fingerprint density at radius 3 is 2.33 bits per heavy atom. The lowest BCUT2D eigenvalue weighted by Crippen LogP contribution is -2.43. The molecule has 0 aromatic carbocycles. The van der Waals surface area contributed by atoms with Gasteiger partial charge in [-0.05, 0) is 25.4 Å². The van der Waals surface area contributed by atoms with E-state index in [0.717, 1.165) is 26.1 Å². The highest BCUT2D eigenvalue weighted by Crippen LogP contribution is 2.11. The summed E-state index contributed by atoms with van der Waals surface area (Å²) in [6.45, 7) is 11.8. The van der Waals surface area contributed by atoms with Crippen LogP contribution >= 0.6 is 12.2 Å². The van der Waals surface area contributed by atoms with E-state index < -0.39 is 0 Å². The Balaban J connectivity index is 4.12. The van der Waals surface area contributed by atoms with E-state index in [0.29, 0.717) is 6.54 Å². The number of likely N-dealkylation sites (N-methyl/N-ethyl adjacent to an activating group) is 1. The normalized spacial score (nSPS) is 12.8. The van der Waals surface area contributed by atoms with Crippen molar-refractivity contribution in [2.45, 2.75) is 34.1 Å². The van der Waals surface area contributed by atoms with Crippen LogP contribution in [-0.4, -0.2) is 42.0 Å². The Labute approximate surface area is 116 Å². The first-order valence-corrected chi connectivity index (χ1v) is 7.14. The van der Waals surface area contributed by atoms with Gasteiger partial charge in [0.1, 0.15) is 0 Å². The van der Waals surface area contributed by atoms with Crippen LogP contribution in [0, 0.1) is 11.8 Å². The third-order valence-corrected chi connectivity index (χ3v) is 3.22. The molecule has 0 aliphatic carbocycles. The lowest BCUT2D eigenvalue weighted by atomic mass is 9.95. The zero-order valence-electron chi connectivity index (χ0n) is 12.0. The average Bonchev–Trinajstić information content (AvgIpc) is 2.26. The van der Waals surface area contributed by atoms with Crippen molar-refractivity contribution in [1.82, 2.24) is 10.2 Å². The van der Waals surface area contributed by atoms with Gasteiger partial charge in [0.25, 0.3) is 0 Å². The van der Waals surface area contributed by atoms with E-state index in [-0.39, 0.29) is 22.7 Å². The standard InChI is InChI=1S/C13H27N3OS/c1-5-8-16(6-2)9-7-15-13(17)11(10(3)4)12(14)18/h10-11H,5-9H2,1-4H3,(H2,14,18)(H,15,17). The van der Waals surface area contributed by atoms with Gasteiger partial charge in [-0.2, -0.15) is 0 Å². The van der Waals surface area contributed by atoms with Gasteiger partial charge in [-0.25, -0.2) is 0 Å². The number of nitrogens with zero attached hydrogens (tertiary/aromatic N) is 1. The zero-order valence-corrected chi connectivity index (χ0v) is 12.8. The van der Waals surface area contributed by atoms with Crippen molar-refractivity contribution in [3.05, 3.63) is 0 Å². The summed E-state index contributed by atoms with van der Waals surface area (Å²) in [4.78, 5) is 14.5. The Bertz CT molecular complexity index is 269. The van der Waals surface area contributed by atoms with Gasteiger partial charge in [0.05, 0.1) is 10.9 Å². The first-order valence-electron chi connectivity index (χ1n) is 6.73. The molecule has 106 valence electrons. The summed E-state index contributed by atoms with van der Waals surface area (Å²) in [6, 6.07) is 0. The fraction of sp³-hybridized carbons (Fsp3) is 0.846. The summed E-state index contributed by atoms with van der Waals surface area (Å²) in [5.74, 6) is -0.272. The lowest BCUT2D eigenvalue weighted by Gasteiger charge is -2.22. The molecule has 0 aliphatic heterocycles. The van der Waals surface area contributed by atoms with Gasteiger partial charge in [-0.15, -0.1) is 0 Å². The number of hydrogen-bond donors (Lipinski definition) is 2. The predicted molar refractivity (Wildman–Crippen MR) is 80.5 cm³/mol. The third-order valence-electron chi connectivity index (χ3n) is 2.97. The predicted octanol–water partition coefficient (Wildman–Crippen LogP) is 1.39. The molecule has 1 atom stereocenters. The van der Waals surface area contributed by atoms with Crippen LogP contribution in [0.4, 0.5) is 0 Å². The number of carbonyl (C=O) groups excluding carboxylic acids is 1. The molecule has 0 saturated heterocycles. The van der Waals surface area contributed by atoms with Gasteiger partial charge in [-0.3, -0.25) is 4.79 Å². The van der Waals surface area contributed by atoms with E-state index in [4.69, 9.17) is 18.0 Å². The highest BCUT2D eigenvalue weighted by molar-refractivity contribution is 7.80. The van der Waals surface area contributed by atoms with Crippen molar-refractivity contribution in [3.63, 3.8) is 0 Å². The molecule has 0 rings (SSSR count). The molecule has 0 saturated carbocycles. The minimum Gasteiger partial charge on any atom is -0.393 e. The molecular weight excluding hydrogens is 246 g/mol. The number of hydrogen-bond acceptors (Lipinski definition) is 3. The molecule has 5 heteroatoms. The van der Waals surface area contributed by atoms with Crippen LogP contribution in [0.5, 0.6) is 0 Å². The first-order chi connectivity index (χ1) is 8.43. The molecule has 1 amide bonds. The Kier molecular flexibility index (Phi) is 8.93. The van der Waals surface area contributed by atoms with Gasteiger partial charge in [0, 0.05) is 13.1 Å². The molecule has 0 radical (unpaired) electrons. The van der Waals surface area contributed by atoms with Crippen LogP contribution in [-0.2, 0) is 4.79 Å². The first kappa shape index (κ1) is 17.3. The minimum absolute atomic E-state index is 0.0509. The number of nitrogens with two attached hydrogens (primary N) is 1. The van der Waals surface area contributed by atoms with E-state index in [1.165, 1.54) is 0 Å². The molecule has 0 heterocycles. The van der Waals surface area contributed by atoms with Gasteiger partial charge < -0.3 is 16.0 Å². The number of nitrogens with one attached hydrogen (secondary N) is 1. The van der Waals surface area contributed by atoms with Crippen LogP contribution in [0.1, 0.15) is 34.1 Å². The second-order valence-electron chi connectivity index (χ2n) is 4.85. The van der Waals surface area contributed by atoms with Crippen molar-refractivity contribution in [2.75, 3.05) is 26.2 Å². The maximum absolute atomic E-state index is 12.0. The largest absolute Gasteiger partial charge is 0.393 e. The van der Waals surface area contributed by atoms with E-state index >= 15 is 0 Å². The van der Waals surface area contributed by atoms with Gasteiger partial charge in [-0.1, -0.05) is 39.9 Å². The van der Waals surface area contributed by atoms with E-state index in [1.54, 1.807) is 0 Å². The van der Waals surface area contributed by atoms with E-state index in [1.807, 2.05) is 13.8 Å². The van der Waals surface area contributed by atoms with Gasteiger partial charge in [0.2, 0.25) is 5.91 Å². The van der Waals surface area contributed by atoms with E-state index in [9.17, 15) is 4.79 Å². The van der Waals surface area contributed by atoms with Crippen LogP contribution in [0.3, 0.4) is 0 Å². The Morgan fingerprint density at radius 2 is 1.94 bits per heavy atom. The summed E-state index contributed by atoms with van der Waals surface area (Å²) in [7, 11) is 0. The fourth-order valence-electron chi connectivity index (χ4n) is 1.95. The smallest absolute Gasteiger partial charge is 0.230 e. The number of carbonyl (C=O) groups is 1. The highest BCUT2D eigenvalue weighted by Gasteiger charge is 2.24. The number of thiocarbonyl (C=S) groups is 1.